The van der Waals surface area contributed by atoms with Crippen molar-refractivity contribution in [3.63, 3.8) is 0 Å². The molecule has 0 saturated carbocycles. The SMILES string of the molecule is C[C@@H]1C[C@H](N)CC[C@H](c2c(NC(O)c3nc(-c4c(F)cccc4F)sc3N)cnn2C)O1. The van der Waals surface area contributed by atoms with Crippen LogP contribution in [0.15, 0.2) is 24.4 Å². The number of thiazole rings is 1. The lowest BCUT2D eigenvalue weighted by Gasteiger charge is -2.22. The number of aryl methyl sites for hydroxylation is 1. The summed E-state index contributed by atoms with van der Waals surface area (Å²) in [6.45, 7) is 1.98. The van der Waals surface area contributed by atoms with Crippen LogP contribution >= 0.6 is 11.3 Å². The number of benzene rings is 1. The molecule has 1 saturated heterocycles. The molecule has 0 bridgehead atoms. The zero-order chi connectivity index (χ0) is 23.0. The van der Waals surface area contributed by atoms with E-state index in [0.29, 0.717) is 12.1 Å². The Morgan fingerprint density at radius 2 is 2.03 bits per heavy atom. The fraction of sp³-hybridized carbons (Fsp3) is 0.429. The number of nitrogens with two attached hydrogens (primary N) is 2. The predicted molar refractivity (Wildman–Crippen MR) is 119 cm³/mol. The summed E-state index contributed by atoms with van der Waals surface area (Å²) < 4.78 is 36.2. The normalized spacial score (nSPS) is 22.5. The van der Waals surface area contributed by atoms with E-state index in [4.69, 9.17) is 16.2 Å². The molecule has 1 unspecified atom stereocenters. The van der Waals surface area contributed by atoms with Crippen molar-refractivity contribution < 1.29 is 18.6 Å². The Balaban J connectivity index is 1.59. The first-order valence-corrected chi connectivity index (χ1v) is 11.1. The van der Waals surface area contributed by atoms with E-state index in [2.05, 4.69) is 15.4 Å². The van der Waals surface area contributed by atoms with E-state index >= 15 is 0 Å². The Morgan fingerprint density at radius 1 is 1.31 bits per heavy atom. The molecule has 0 radical (unpaired) electrons. The second-order valence-electron chi connectivity index (χ2n) is 7.99. The lowest BCUT2D eigenvalue weighted by atomic mass is 10.0. The van der Waals surface area contributed by atoms with Gasteiger partial charge in [0.15, 0.2) is 6.23 Å². The molecule has 11 heteroatoms. The fourth-order valence-corrected chi connectivity index (χ4v) is 4.93. The number of nitrogens with one attached hydrogen (secondary N) is 1. The number of hydrogen-bond donors (Lipinski definition) is 4. The summed E-state index contributed by atoms with van der Waals surface area (Å²) in [7, 11) is 1.79. The number of rotatable bonds is 5. The number of ether oxygens (including phenoxy) is 1. The zero-order valence-corrected chi connectivity index (χ0v) is 18.6. The molecular weight excluding hydrogens is 438 g/mol. The first-order chi connectivity index (χ1) is 15.2. The molecule has 4 atom stereocenters. The van der Waals surface area contributed by atoms with Gasteiger partial charge in [-0.25, -0.2) is 13.8 Å². The van der Waals surface area contributed by atoms with E-state index < -0.39 is 17.9 Å². The van der Waals surface area contributed by atoms with Gasteiger partial charge in [0, 0.05) is 13.1 Å². The van der Waals surface area contributed by atoms with Gasteiger partial charge in [-0.05, 0) is 38.3 Å². The molecule has 8 nitrogen and oxygen atoms in total. The first kappa shape index (κ1) is 22.6. The molecule has 6 N–H and O–H groups in total. The number of nitrogen functional groups attached to an aromatic ring is 1. The summed E-state index contributed by atoms with van der Waals surface area (Å²) >= 11 is 0.903. The molecule has 172 valence electrons. The highest BCUT2D eigenvalue weighted by molar-refractivity contribution is 7.18. The molecule has 1 fully saturated rings. The van der Waals surface area contributed by atoms with Gasteiger partial charge in [0.25, 0.3) is 0 Å². The number of aliphatic hydroxyl groups is 1. The van der Waals surface area contributed by atoms with E-state index in [1.54, 1.807) is 17.9 Å². The third-order valence-electron chi connectivity index (χ3n) is 5.53. The van der Waals surface area contributed by atoms with Gasteiger partial charge in [-0.2, -0.15) is 5.10 Å². The van der Waals surface area contributed by atoms with Crippen LogP contribution in [0.25, 0.3) is 10.6 Å². The van der Waals surface area contributed by atoms with Crippen molar-refractivity contribution in [2.45, 2.75) is 50.7 Å². The maximum absolute atomic E-state index is 14.2. The van der Waals surface area contributed by atoms with Crippen molar-refractivity contribution in [3.05, 3.63) is 47.4 Å². The number of hydrogen-bond acceptors (Lipinski definition) is 8. The molecule has 1 aromatic carbocycles. The van der Waals surface area contributed by atoms with Crippen LogP contribution in [-0.2, 0) is 11.8 Å². The molecule has 3 heterocycles. The summed E-state index contributed by atoms with van der Waals surface area (Å²) in [5.41, 5.74) is 13.3. The second-order valence-corrected chi connectivity index (χ2v) is 9.02. The molecule has 2 aromatic heterocycles. The van der Waals surface area contributed by atoms with Gasteiger partial charge in [-0.15, -0.1) is 0 Å². The van der Waals surface area contributed by atoms with Crippen LogP contribution in [-0.4, -0.2) is 32.0 Å². The Labute approximate surface area is 188 Å². The monoisotopic (exact) mass is 464 g/mol. The summed E-state index contributed by atoms with van der Waals surface area (Å²) in [4.78, 5) is 4.21. The summed E-state index contributed by atoms with van der Waals surface area (Å²) in [5.74, 6) is -1.50. The van der Waals surface area contributed by atoms with Gasteiger partial charge in [-0.1, -0.05) is 17.4 Å². The minimum absolute atomic E-state index is 0.0161. The molecule has 4 rings (SSSR count). The van der Waals surface area contributed by atoms with E-state index in [9.17, 15) is 13.9 Å². The average Bonchev–Trinajstić information content (AvgIpc) is 3.22. The van der Waals surface area contributed by atoms with Gasteiger partial charge in [0.05, 0.1) is 29.2 Å². The van der Waals surface area contributed by atoms with Crippen LogP contribution < -0.4 is 16.8 Å². The molecular formula is C21H26F2N6O2S. The van der Waals surface area contributed by atoms with Gasteiger partial charge in [-0.3, -0.25) is 4.68 Å². The highest BCUT2D eigenvalue weighted by atomic mass is 32.1. The van der Waals surface area contributed by atoms with Crippen LogP contribution in [0.3, 0.4) is 0 Å². The molecule has 0 amide bonds. The smallest absolute Gasteiger partial charge is 0.171 e. The van der Waals surface area contributed by atoms with Crippen molar-refractivity contribution >= 4 is 22.0 Å². The number of anilines is 2. The largest absolute Gasteiger partial charge is 0.389 e. The summed E-state index contributed by atoms with van der Waals surface area (Å²) in [6.07, 6.45) is 2.28. The van der Waals surface area contributed by atoms with Crippen LogP contribution in [0.2, 0.25) is 0 Å². The minimum Gasteiger partial charge on any atom is -0.389 e. The lowest BCUT2D eigenvalue weighted by molar-refractivity contribution is -0.00371. The molecule has 0 spiro atoms. The van der Waals surface area contributed by atoms with Crippen LogP contribution in [0.5, 0.6) is 0 Å². The minimum atomic E-state index is -1.32. The highest BCUT2D eigenvalue weighted by Crippen LogP contribution is 2.38. The molecule has 32 heavy (non-hydrogen) atoms. The van der Waals surface area contributed by atoms with Crippen molar-refractivity contribution in [2.24, 2.45) is 12.8 Å². The van der Waals surface area contributed by atoms with Crippen molar-refractivity contribution in [3.8, 4) is 10.6 Å². The maximum atomic E-state index is 14.2. The predicted octanol–water partition coefficient (Wildman–Crippen LogP) is 3.46. The molecule has 0 aliphatic carbocycles. The third-order valence-corrected chi connectivity index (χ3v) is 6.45. The van der Waals surface area contributed by atoms with E-state index in [0.717, 1.165) is 42.0 Å². The van der Waals surface area contributed by atoms with Crippen molar-refractivity contribution in [2.75, 3.05) is 11.1 Å². The topological polar surface area (TPSA) is 124 Å². The number of halogens is 2. The maximum Gasteiger partial charge on any atom is 0.171 e. The van der Waals surface area contributed by atoms with Crippen LogP contribution in [0, 0.1) is 11.6 Å². The Kier molecular flexibility index (Phi) is 6.42. The first-order valence-electron chi connectivity index (χ1n) is 10.3. The lowest BCUT2D eigenvalue weighted by Crippen LogP contribution is -2.23. The van der Waals surface area contributed by atoms with Gasteiger partial charge < -0.3 is 26.6 Å². The number of aliphatic hydroxyl groups excluding tert-OH is 1. The highest BCUT2D eigenvalue weighted by Gasteiger charge is 2.29. The van der Waals surface area contributed by atoms with Gasteiger partial charge in [0.2, 0.25) is 0 Å². The molecule has 1 aliphatic rings. The quantitative estimate of drug-likeness (QED) is 0.426. The van der Waals surface area contributed by atoms with E-state index in [1.807, 2.05) is 6.92 Å². The Morgan fingerprint density at radius 3 is 2.75 bits per heavy atom. The zero-order valence-electron chi connectivity index (χ0n) is 17.8. The summed E-state index contributed by atoms with van der Waals surface area (Å²) in [5, 5.41) is 18.3. The molecule has 1 aliphatic heterocycles. The van der Waals surface area contributed by atoms with E-state index in [1.165, 1.54) is 6.07 Å². The summed E-state index contributed by atoms with van der Waals surface area (Å²) in [6, 6.07) is 3.63. The van der Waals surface area contributed by atoms with Crippen molar-refractivity contribution in [1.82, 2.24) is 14.8 Å². The fourth-order valence-electron chi connectivity index (χ4n) is 4.02. The van der Waals surface area contributed by atoms with E-state index in [-0.39, 0.29) is 39.5 Å². The number of nitrogens with zero attached hydrogens (tertiary/aromatic N) is 3. The Bertz CT molecular complexity index is 1080. The molecule has 3 aromatic rings. The van der Waals surface area contributed by atoms with Crippen LogP contribution in [0.1, 0.15) is 49.9 Å². The third kappa shape index (κ3) is 4.46. The number of aromatic nitrogens is 3. The van der Waals surface area contributed by atoms with Gasteiger partial charge >= 0.3 is 0 Å². The average molecular weight is 465 g/mol. The standard InChI is InChI=1S/C21H26F2N6O2S/c1-10-8-11(24)6-7-15(31-10)18-14(9-26-29(18)2)27-20(30)17-19(25)32-21(28-17)16-12(22)4-3-5-13(16)23/h3-5,9-11,15,20,27,30H,6-8,24-25H2,1-2H3/t10-,11-,15-,20?/m1/s1. The Hall–Kier alpha value is -2.60. The van der Waals surface area contributed by atoms with Gasteiger partial charge in [0.1, 0.15) is 33.4 Å². The van der Waals surface area contributed by atoms with Crippen molar-refractivity contribution in [1.29, 1.82) is 0 Å². The van der Waals surface area contributed by atoms with Crippen LogP contribution in [0.4, 0.5) is 19.5 Å². The second kappa shape index (κ2) is 9.10.